The Hall–Kier alpha value is 0.716. The van der Waals surface area contributed by atoms with Gasteiger partial charge in [0.1, 0.15) is 6.26 Å². The van der Waals surface area contributed by atoms with Crippen LogP contribution < -0.4 is 5.48 Å². The van der Waals surface area contributed by atoms with Gasteiger partial charge in [0.25, 0.3) is 0 Å². The van der Waals surface area contributed by atoms with Crippen molar-refractivity contribution in [1.29, 1.82) is 0 Å². The van der Waals surface area contributed by atoms with Crippen LogP contribution in [-0.2, 0) is 4.84 Å². The third kappa shape index (κ3) is 3.31. The maximum absolute atomic E-state index is 4.55. The van der Waals surface area contributed by atoms with Gasteiger partial charge in [-0.2, -0.15) is 0 Å². The van der Waals surface area contributed by atoms with Crippen LogP contribution in [-0.4, -0.2) is 51.4 Å². The molecule has 1 rings (SSSR count). The zero-order valence-corrected chi connectivity index (χ0v) is 7.34. The van der Waals surface area contributed by atoms with Crippen LogP contribution in [0.1, 0.15) is 0 Å². The molecule has 0 atom stereocenters. The normalized spacial score (nSPS) is 13.7. The molecule has 1 aliphatic heterocycles. The molecule has 7 heavy (non-hydrogen) atoms. The van der Waals surface area contributed by atoms with E-state index in [1.54, 1.807) is 18.5 Å². The number of hydrogen-bond acceptors (Lipinski definition) is 2. The van der Waals surface area contributed by atoms with E-state index in [1.807, 2.05) is 6.08 Å². The molecule has 1 aliphatic rings. The fraction of sp³-hybridized carbons (Fsp3) is 0. The number of allylic oxidation sites excluding steroid dienone is 2. The molecule has 0 aliphatic carbocycles. The summed E-state index contributed by atoms with van der Waals surface area (Å²) in [5.74, 6) is 0. The quantitative estimate of drug-likeness (QED) is 0.462. The third-order valence-corrected chi connectivity index (χ3v) is 0.490. The van der Waals surface area contributed by atoms with Crippen molar-refractivity contribution in [2.75, 3.05) is 0 Å². The summed E-state index contributed by atoms with van der Waals surface area (Å²) in [5, 5.41) is 0. The van der Waals surface area contributed by atoms with E-state index in [1.165, 1.54) is 0 Å². The van der Waals surface area contributed by atoms with E-state index in [0.717, 1.165) is 0 Å². The van der Waals surface area contributed by atoms with Crippen molar-refractivity contribution >= 4 is 51.4 Å². The molecule has 0 saturated carbocycles. The van der Waals surface area contributed by atoms with Crippen molar-refractivity contribution in [3.05, 3.63) is 24.6 Å². The van der Waals surface area contributed by atoms with Crippen LogP contribution in [0.5, 0.6) is 0 Å². The second-order valence-electron chi connectivity index (χ2n) is 0.923. The molecule has 0 amide bonds. The van der Waals surface area contributed by atoms with Gasteiger partial charge in [-0.05, 0) is 12.2 Å². The number of nitrogens with one attached hydrogen (secondary N) is 1. The largest absolute Gasteiger partial charge is 0.391 e. The summed E-state index contributed by atoms with van der Waals surface area (Å²) in [6, 6.07) is 0. The molecule has 1 radical (unpaired) electrons. The number of hydrogen-bond donors (Lipinski definition) is 1. The fourth-order valence-corrected chi connectivity index (χ4v) is 0.258. The van der Waals surface area contributed by atoms with Crippen molar-refractivity contribution < 1.29 is 4.84 Å². The van der Waals surface area contributed by atoms with E-state index in [-0.39, 0.29) is 51.4 Å². The minimum absolute atomic E-state index is 0. The summed E-state index contributed by atoms with van der Waals surface area (Å²) in [4.78, 5) is 4.55. The topological polar surface area (TPSA) is 21.3 Å². The molecular weight excluding hydrogens is 117 g/mol. The van der Waals surface area contributed by atoms with Gasteiger partial charge in [-0.1, -0.05) is 0 Å². The maximum Gasteiger partial charge on any atom is 0.119 e. The molecule has 0 aromatic carbocycles. The summed E-state index contributed by atoms with van der Waals surface area (Å²) < 4.78 is 0. The van der Waals surface area contributed by atoms with E-state index < -0.39 is 0 Å². The Kier molecular flexibility index (Phi) is 5.36. The predicted molar refractivity (Wildman–Crippen MR) is 28.3 cm³/mol. The zero-order chi connectivity index (χ0) is 4.24. The van der Waals surface area contributed by atoms with Gasteiger partial charge in [0, 0.05) is 57.6 Å². The van der Waals surface area contributed by atoms with Gasteiger partial charge in [0.2, 0.25) is 0 Å². The molecule has 0 aromatic rings. The fourth-order valence-electron chi connectivity index (χ4n) is 0.258. The standard InChI is InChI=1S/C4H5NO.K/c1-2-4-6-5-3-1;/h1-5H;. The van der Waals surface area contributed by atoms with Crippen molar-refractivity contribution in [3.8, 4) is 0 Å². The first kappa shape index (κ1) is 7.72. The first-order chi connectivity index (χ1) is 3.00. The Bertz CT molecular complexity index is 77.7. The van der Waals surface area contributed by atoms with Crippen molar-refractivity contribution in [2.45, 2.75) is 0 Å². The Morgan fingerprint density at radius 2 is 2.14 bits per heavy atom. The van der Waals surface area contributed by atoms with Gasteiger partial charge in [0.15, 0.2) is 0 Å². The summed E-state index contributed by atoms with van der Waals surface area (Å²) in [6.45, 7) is 0. The molecular formula is C4H5KNO. The maximum atomic E-state index is 4.55. The Labute approximate surface area is 85.0 Å². The molecule has 0 unspecified atom stereocenters. The van der Waals surface area contributed by atoms with Crippen LogP contribution in [0.4, 0.5) is 0 Å². The van der Waals surface area contributed by atoms with Crippen molar-refractivity contribution in [2.24, 2.45) is 0 Å². The van der Waals surface area contributed by atoms with Crippen LogP contribution in [0.25, 0.3) is 0 Å². The van der Waals surface area contributed by atoms with E-state index in [9.17, 15) is 0 Å². The molecule has 3 heteroatoms. The smallest absolute Gasteiger partial charge is 0.119 e. The molecule has 33 valence electrons. The second kappa shape index (κ2) is 4.87. The summed E-state index contributed by atoms with van der Waals surface area (Å²) in [5.41, 5.74) is 2.52. The average molecular weight is 122 g/mol. The van der Waals surface area contributed by atoms with Crippen LogP contribution >= 0.6 is 0 Å². The average Bonchev–Trinajstić information content (AvgIpc) is 1.72. The summed E-state index contributed by atoms with van der Waals surface area (Å²) in [6.07, 6.45) is 6.93. The molecule has 0 aromatic heterocycles. The van der Waals surface area contributed by atoms with E-state index in [2.05, 4.69) is 10.3 Å². The first-order valence-electron chi connectivity index (χ1n) is 1.73. The van der Waals surface area contributed by atoms with Crippen LogP contribution in [0.3, 0.4) is 0 Å². The molecule has 0 saturated heterocycles. The zero-order valence-electron chi connectivity index (χ0n) is 4.22. The Balaban J connectivity index is 0.000000360. The molecule has 0 spiro atoms. The first-order valence-corrected chi connectivity index (χ1v) is 1.73. The number of hydroxylamine groups is 1. The molecule has 2 nitrogen and oxygen atoms in total. The SMILES string of the molecule is C1=CNOC=C1.[K]. The van der Waals surface area contributed by atoms with Gasteiger partial charge in [0.05, 0.1) is 0 Å². The Morgan fingerprint density at radius 1 is 1.29 bits per heavy atom. The van der Waals surface area contributed by atoms with Gasteiger partial charge in [-0.25, -0.2) is 5.48 Å². The van der Waals surface area contributed by atoms with Crippen LogP contribution in [0.15, 0.2) is 24.6 Å². The summed E-state index contributed by atoms with van der Waals surface area (Å²) >= 11 is 0. The number of rotatable bonds is 0. The van der Waals surface area contributed by atoms with Gasteiger partial charge in [-0.3, -0.25) is 0 Å². The minimum atomic E-state index is 0. The summed E-state index contributed by atoms with van der Waals surface area (Å²) in [7, 11) is 0. The van der Waals surface area contributed by atoms with Gasteiger partial charge < -0.3 is 4.84 Å². The van der Waals surface area contributed by atoms with Gasteiger partial charge >= 0.3 is 0 Å². The van der Waals surface area contributed by atoms with Gasteiger partial charge in [-0.15, -0.1) is 0 Å². The van der Waals surface area contributed by atoms with E-state index in [0.29, 0.717) is 0 Å². The Morgan fingerprint density at radius 3 is 2.29 bits per heavy atom. The molecule has 0 fully saturated rings. The third-order valence-electron chi connectivity index (χ3n) is 0.490. The molecule has 1 heterocycles. The predicted octanol–water partition coefficient (Wildman–Crippen LogP) is 0.168. The molecule has 0 bridgehead atoms. The van der Waals surface area contributed by atoms with Crippen LogP contribution in [0.2, 0.25) is 0 Å². The van der Waals surface area contributed by atoms with Crippen LogP contribution in [0, 0.1) is 0 Å². The van der Waals surface area contributed by atoms with E-state index >= 15 is 0 Å². The minimum Gasteiger partial charge on any atom is -0.391 e. The van der Waals surface area contributed by atoms with Crippen molar-refractivity contribution in [3.63, 3.8) is 0 Å². The van der Waals surface area contributed by atoms with Crippen molar-refractivity contribution in [1.82, 2.24) is 5.48 Å². The monoisotopic (exact) mass is 122 g/mol. The second-order valence-corrected chi connectivity index (χ2v) is 0.923. The van der Waals surface area contributed by atoms with E-state index in [4.69, 9.17) is 0 Å². The molecule has 1 N–H and O–H groups in total.